The molecule has 1 saturated carbocycles. The number of aryl methyl sites for hydroxylation is 1. The summed E-state index contributed by atoms with van der Waals surface area (Å²) in [6.45, 7) is 4.12. The summed E-state index contributed by atoms with van der Waals surface area (Å²) in [5.74, 6) is 0.906. The lowest BCUT2D eigenvalue weighted by Crippen LogP contribution is -2.41. The number of hydrogen-bond acceptors (Lipinski definition) is 2. The van der Waals surface area contributed by atoms with E-state index >= 15 is 0 Å². The first-order valence-electron chi connectivity index (χ1n) is 7.74. The predicted molar refractivity (Wildman–Crippen MR) is 78.2 cm³/mol. The standard InChI is InChI=1S/C17H25NO/c1-13-5-4-8-15(9-13)17-12-18-11-16(19-17)10-14-6-2-3-7-14/h4-5,8-9,14,16-18H,2-3,6-7,10-12H2,1H3. The van der Waals surface area contributed by atoms with Crippen LogP contribution < -0.4 is 5.32 Å². The zero-order chi connectivity index (χ0) is 13.1. The minimum atomic E-state index is 0.236. The molecule has 1 aliphatic heterocycles. The van der Waals surface area contributed by atoms with Crippen molar-refractivity contribution in [1.82, 2.24) is 5.32 Å². The van der Waals surface area contributed by atoms with Crippen LogP contribution in [0.3, 0.4) is 0 Å². The lowest BCUT2D eigenvalue weighted by atomic mass is 9.98. The molecule has 2 heteroatoms. The van der Waals surface area contributed by atoms with Crippen molar-refractivity contribution < 1.29 is 4.74 Å². The van der Waals surface area contributed by atoms with E-state index in [1.165, 1.54) is 43.2 Å². The van der Waals surface area contributed by atoms with Crippen molar-refractivity contribution in [3.8, 4) is 0 Å². The van der Waals surface area contributed by atoms with Crippen LogP contribution in [0.25, 0.3) is 0 Å². The van der Waals surface area contributed by atoms with Crippen molar-refractivity contribution in [3.63, 3.8) is 0 Å². The van der Waals surface area contributed by atoms with Gasteiger partial charge in [-0.2, -0.15) is 0 Å². The number of ether oxygens (including phenoxy) is 1. The second kappa shape index (κ2) is 6.06. The molecule has 2 unspecified atom stereocenters. The molecule has 0 amide bonds. The first kappa shape index (κ1) is 13.1. The van der Waals surface area contributed by atoms with Crippen molar-refractivity contribution in [3.05, 3.63) is 35.4 Å². The number of benzene rings is 1. The largest absolute Gasteiger partial charge is 0.368 e. The Morgan fingerprint density at radius 2 is 2.05 bits per heavy atom. The summed E-state index contributed by atoms with van der Waals surface area (Å²) in [5.41, 5.74) is 2.64. The maximum atomic E-state index is 6.33. The molecule has 2 aliphatic rings. The Kier molecular flexibility index (Phi) is 4.19. The normalized spacial score (nSPS) is 28.7. The molecule has 0 radical (unpaired) electrons. The van der Waals surface area contributed by atoms with Gasteiger partial charge in [-0.25, -0.2) is 0 Å². The third-order valence-electron chi connectivity index (χ3n) is 4.54. The highest BCUT2D eigenvalue weighted by Crippen LogP contribution is 2.32. The first-order chi connectivity index (χ1) is 9.31. The van der Waals surface area contributed by atoms with Gasteiger partial charge < -0.3 is 10.1 Å². The van der Waals surface area contributed by atoms with E-state index in [-0.39, 0.29) is 6.10 Å². The van der Waals surface area contributed by atoms with E-state index in [1.54, 1.807) is 0 Å². The molecule has 1 heterocycles. The zero-order valence-electron chi connectivity index (χ0n) is 11.9. The van der Waals surface area contributed by atoms with Crippen LogP contribution in [0.15, 0.2) is 24.3 Å². The van der Waals surface area contributed by atoms with Crippen molar-refractivity contribution in [2.45, 2.75) is 51.2 Å². The highest BCUT2D eigenvalue weighted by atomic mass is 16.5. The quantitative estimate of drug-likeness (QED) is 0.895. The Morgan fingerprint density at radius 1 is 1.21 bits per heavy atom. The number of rotatable bonds is 3. The molecule has 1 aromatic rings. The minimum absolute atomic E-state index is 0.236. The fourth-order valence-electron chi connectivity index (χ4n) is 3.53. The Balaban J connectivity index is 1.61. The molecule has 0 spiro atoms. The molecule has 3 rings (SSSR count). The highest BCUT2D eigenvalue weighted by molar-refractivity contribution is 5.24. The highest BCUT2D eigenvalue weighted by Gasteiger charge is 2.27. The summed E-state index contributed by atoms with van der Waals surface area (Å²) in [6, 6.07) is 8.73. The second-order valence-corrected chi connectivity index (χ2v) is 6.21. The van der Waals surface area contributed by atoms with Crippen molar-refractivity contribution in [2.75, 3.05) is 13.1 Å². The molecule has 2 fully saturated rings. The fourth-order valence-corrected chi connectivity index (χ4v) is 3.53. The van der Waals surface area contributed by atoms with Crippen LogP contribution in [0.1, 0.15) is 49.3 Å². The van der Waals surface area contributed by atoms with Crippen LogP contribution in [0.4, 0.5) is 0 Å². The van der Waals surface area contributed by atoms with E-state index in [2.05, 4.69) is 36.5 Å². The molecular formula is C17H25NO. The van der Waals surface area contributed by atoms with Crippen molar-refractivity contribution >= 4 is 0 Å². The molecule has 1 aromatic carbocycles. The van der Waals surface area contributed by atoms with Gasteiger partial charge in [0.05, 0.1) is 12.2 Å². The molecule has 1 saturated heterocycles. The molecule has 2 atom stereocenters. The van der Waals surface area contributed by atoms with Gasteiger partial charge in [-0.1, -0.05) is 55.5 Å². The smallest absolute Gasteiger partial charge is 0.0953 e. The molecule has 1 N–H and O–H groups in total. The maximum absolute atomic E-state index is 6.33. The summed E-state index contributed by atoms with van der Waals surface area (Å²) in [6.07, 6.45) is 7.56. The first-order valence-corrected chi connectivity index (χ1v) is 7.74. The molecule has 104 valence electrons. The van der Waals surface area contributed by atoms with Crippen LogP contribution >= 0.6 is 0 Å². The van der Waals surface area contributed by atoms with Gasteiger partial charge in [-0.05, 0) is 24.8 Å². The van der Waals surface area contributed by atoms with Crippen LogP contribution in [-0.2, 0) is 4.74 Å². The maximum Gasteiger partial charge on any atom is 0.0953 e. The average Bonchev–Trinajstić information content (AvgIpc) is 2.92. The summed E-state index contributed by atoms with van der Waals surface area (Å²) in [4.78, 5) is 0. The number of morpholine rings is 1. The molecule has 1 aliphatic carbocycles. The Bertz CT molecular complexity index is 411. The summed E-state index contributed by atoms with van der Waals surface area (Å²) >= 11 is 0. The summed E-state index contributed by atoms with van der Waals surface area (Å²) in [7, 11) is 0. The van der Waals surface area contributed by atoms with Crippen molar-refractivity contribution in [2.24, 2.45) is 5.92 Å². The third-order valence-corrected chi connectivity index (χ3v) is 4.54. The van der Waals surface area contributed by atoms with Crippen LogP contribution in [0, 0.1) is 12.8 Å². The van der Waals surface area contributed by atoms with Crippen LogP contribution in [0.5, 0.6) is 0 Å². The van der Waals surface area contributed by atoms with Gasteiger partial charge in [-0.15, -0.1) is 0 Å². The number of hydrogen-bond donors (Lipinski definition) is 1. The van der Waals surface area contributed by atoms with Gasteiger partial charge in [-0.3, -0.25) is 0 Å². The SMILES string of the molecule is Cc1cccc(C2CNCC(CC3CCCC3)O2)c1. The van der Waals surface area contributed by atoms with Crippen LogP contribution in [-0.4, -0.2) is 19.2 Å². The van der Waals surface area contributed by atoms with E-state index in [0.29, 0.717) is 6.10 Å². The average molecular weight is 259 g/mol. The Hall–Kier alpha value is -0.860. The minimum Gasteiger partial charge on any atom is -0.368 e. The van der Waals surface area contributed by atoms with E-state index in [4.69, 9.17) is 4.74 Å². The molecule has 2 nitrogen and oxygen atoms in total. The van der Waals surface area contributed by atoms with E-state index in [0.717, 1.165) is 19.0 Å². The molecule has 0 aromatic heterocycles. The Labute approximate surface area is 116 Å². The summed E-state index contributed by atoms with van der Waals surface area (Å²) in [5, 5.41) is 3.55. The molecule has 19 heavy (non-hydrogen) atoms. The van der Waals surface area contributed by atoms with Crippen LogP contribution in [0.2, 0.25) is 0 Å². The van der Waals surface area contributed by atoms with E-state index < -0.39 is 0 Å². The van der Waals surface area contributed by atoms with Gasteiger partial charge >= 0.3 is 0 Å². The lowest BCUT2D eigenvalue weighted by Gasteiger charge is -2.32. The van der Waals surface area contributed by atoms with Gasteiger partial charge in [0.15, 0.2) is 0 Å². The lowest BCUT2D eigenvalue weighted by molar-refractivity contribution is -0.0489. The molecule has 0 bridgehead atoms. The van der Waals surface area contributed by atoms with Crippen molar-refractivity contribution in [1.29, 1.82) is 0 Å². The second-order valence-electron chi connectivity index (χ2n) is 6.21. The van der Waals surface area contributed by atoms with E-state index in [9.17, 15) is 0 Å². The monoisotopic (exact) mass is 259 g/mol. The van der Waals surface area contributed by atoms with E-state index in [1.807, 2.05) is 0 Å². The number of nitrogens with one attached hydrogen (secondary N) is 1. The van der Waals surface area contributed by atoms with Gasteiger partial charge in [0.1, 0.15) is 0 Å². The van der Waals surface area contributed by atoms with Gasteiger partial charge in [0.25, 0.3) is 0 Å². The fraction of sp³-hybridized carbons (Fsp3) is 0.647. The third kappa shape index (κ3) is 3.37. The predicted octanol–water partition coefficient (Wildman–Crippen LogP) is 3.60. The van der Waals surface area contributed by atoms with Gasteiger partial charge in [0, 0.05) is 13.1 Å². The summed E-state index contributed by atoms with van der Waals surface area (Å²) < 4.78 is 6.33. The topological polar surface area (TPSA) is 21.3 Å². The Morgan fingerprint density at radius 3 is 2.84 bits per heavy atom. The zero-order valence-corrected chi connectivity index (χ0v) is 11.9. The van der Waals surface area contributed by atoms with Gasteiger partial charge in [0.2, 0.25) is 0 Å². The molecular weight excluding hydrogens is 234 g/mol.